The van der Waals surface area contributed by atoms with Gasteiger partial charge in [0.25, 0.3) is 0 Å². The Hall–Kier alpha value is -2.29. The molecule has 0 aromatic heterocycles. The quantitative estimate of drug-likeness (QED) is 0.763. The Bertz CT molecular complexity index is 700. The lowest BCUT2D eigenvalue weighted by Gasteiger charge is -2.31. The molecular formula is C21H28N2O. The fourth-order valence-corrected chi connectivity index (χ4v) is 2.84. The van der Waals surface area contributed by atoms with Crippen molar-refractivity contribution in [3.8, 4) is 0 Å². The maximum absolute atomic E-state index is 12.8. The largest absolute Gasteiger partial charge is 0.326 e. The lowest BCUT2D eigenvalue weighted by Crippen LogP contribution is -2.34. The zero-order chi connectivity index (χ0) is 17.9. The van der Waals surface area contributed by atoms with Crippen LogP contribution in [-0.4, -0.2) is 13.1 Å². The van der Waals surface area contributed by atoms with Crippen LogP contribution in [0.2, 0.25) is 0 Å². The third kappa shape index (κ3) is 3.97. The van der Waals surface area contributed by atoms with Crippen LogP contribution in [-0.2, 0) is 5.41 Å². The molecule has 3 heteroatoms. The molecule has 0 aliphatic rings. The lowest BCUT2D eigenvalue weighted by atomic mass is 9.82. The van der Waals surface area contributed by atoms with Crippen molar-refractivity contribution in [1.82, 2.24) is 0 Å². The van der Waals surface area contributed by atoms with Gasteiger partial charge in [-0.25, -0.2) is 4.79 Å². The summed E-state index contributed by atoms with van der Waals surface area (Å²) >= 11 is 0. The van der Waals surface area contributed by atoms with Gasteiger partial charge >= 0.3 is 6.03 Å². The first-order valence-corrected chi connectivity index (χ1v) is 8.45. The van der Waals surface area contributed by atoms with Crippen molar-refractivity contribution in [1.29, 1.82) is 0 Å². The monoisotopic (exact) mass is 324 g/mol. The van der Waals surface area contributed by atoms with Gasteiger partial charge in [0.15, 0.2) is 0 Å². The minimum Gasteiger partial charge on any atom is -0.308 e. The number of anilines is 2. The number of carbonyl (C=O) groups is 1. The average molecular weight is 324 g/mol. The van der Waals surface area contributed by atoms with E-state index in [0.717, 1.165) is 11.4 Å². The Labute approximate surface area is 145 Å². The molecule has 0 heterocycles. The van der Waals surface area contributed by atoms with E-state index < -0.39 is 0 Å². The van der Waals surface area contributed by atoms with Crippen molar-refractivity contribution in [3.05, 3.63) is 59.7 Å². The third-order valence-corrected chi connectivity index (χ3v) is 4.16. The molecular weight excluding hydrogens is 296 g/mol. The highest BCUT2D eigenvalue weighted by Crippen LogP contribution is 2.37. The number of nitrogens with one attached hydrogen (secondary N) is 1. The van der Waals surface area contributed by atoms with Gasteiger partial charge in [0, 0.05) is 12.7 Å². The number of hydrogen-bond donors (Lipinski definition) is 1. The minimum absolute atomic E-state index is 0.0402. The molecule has 0 atom stereocenters. The topological polar surface area (TPSA) is 32.3 Å². The van der Waals surface area contributed by atoms with Crippen molar-refractivity contribution in [2.24, 2.45) is 0 Å². The van der Waals surface area contributed by atoms with Crippen LogP contribution in [0.25, 0.3) is 0 Å². The smallest absolute Gasteiger partial charge is 0.308 e. The van der Waals surface area contributed by atoms with Crippen molar-refractivity contribution >= 4 is 17.4 Å². The Morgan fingerprint density at radius 3 is 2.17 bits per heavy atom. The maximum atomic E-state index is 12.8. The molecule has 0 saturated carbocycles. The van der Waals surface area contributed by atoms with Gasteiger partial charge in [-0.2, -0.15) is 0 Å². The zero-order valence-corrected chi connectivity index (χ0v) is 15.6. The third-order valence-electron chi connectivity index (χ3n) is 4.16. The van der Waals surface area contributed by atoms with Crippen molar-refractivity contribution in [2.45, 2.75) is 46.0 Å². The highest BCUT2D eigenvalue weighted by molar-refractivity contribution is 6.02. The minimum atomic E-state index is -0.125. The van der Waals surface area contributed by atoms with Crippen LogP contribution in [0.3, 0.4) is 0 Å². The van der Waals surface area contributed by atoms with E-state index in [-0.39, 0.29) is 11.4 Å². The normalized spacial score (nSPS) is 11.5. The van der Waals surface area contributed by atoms with E-state index in [1.165, 1.54) is 11.1 Å². The van der Waals surface area contributed by atoms with E-state index in [9.17, 15) is 4.79 Å². The second-order valence-electron chi connectivity index (χ2n) is 7.50. The molecule has 3 nitrogen and oxygen atoms in total. The van der Waals surface area contributed by atoms with Crippen molar-refractivity contribution in [3.63, 3.8) is 0 Å². The van der Waals surface area contributed by atoms with Crippen molar-refractivity contribution in [2.75, 3.05) is 17.3 Å². The summed E-state index contributed by atoms with van der Waals surface area (Å²) in [5.74, 6) is 0.342. The van der Waals surface area contributed by atoms with Gasteiger partial charge in [-0.1, -0.05) is 71.0 Å². The number of nitrogens with zero attached hydrogens (tertiary/aromatic N) is 1. The zero-order valence-electron chi connectivity index (χ0n) is 15.6. The van der Waals surface area contributed by atoms with Gasteiger partial charge in [0.1, 0.15) is 0 Å². The number of carbonyl (C=O) groups excluding carboxylic acids is 1. The molecule has 0 saturated heterocycles. The molecule has 0 aliphatic carbocycles. The summed E-state index contributed by atoms with van der Waals surface area (Å²) in [5.41, 5.74) is 4.14. The molecule has 128 valence electrons. The van der Waals surface area contributed by atoms with Crippen LogP contribution in [0.15, 0.2) is 48.5 Å². The number of urea groups is 1. The standard InChI is InChI=1S/C21H28N2O/c1-15(2)17-13-10-14-18(21(3,4)5)19(17)23(6)20(24)22-16-11-8-7-9-12-16/h7-15H,1-6H3,(H,22,24). The van der Waals surface area contributed by atoms with Crippen LogP contribution in [0, 0.1) is 0 Å². The second kappa shape index (κ2) is 7.08. The fraction of sp³-hybridized carbons (Fsp3) is 0.381. The summed E-state index contributed by atoms with van der Waals surface area (Å²) in [6.45, 7) is 10.9. The first kappa shape index (κ1) is 18.1. The molecule has 2 aromatic carbocycles. The molecule has 1 N–H and O–H groups in total. The second-order valence-corrected chi connectivity index (χ2v) is 7.50. The summed E-state index contributed by atoms with van der Waals surface area (Å²) in [4.78, 5) is 14.5. The summed E-state index contributed by atoms with van der Waals surface area (Å²) in [6.07, 6.45) is 0. The number of hydrogen-bond acceptors (Lipinski definition) is 1. The van der Waals surface area contributed by atoms with E-state index in [4.69, 9.17) is 0 Å². The van der Waals surface area contributed by atoms with E-state index in [0.29, 0.717) is 5.92 Å². The van der Waals surface area contributed by atoms with E-state index >= 15 is 0 Å². The molecule has 0 radical (unpaired) electrons. The SMILES string of the molecule is CC(C)c1cccc(C(C)(C)C)c1N(C)C(=O)Nc1ccccc1. The van der Waals surface area contributed by atoms with Crippen LogP contribution in [0.4, 0.5) is 16.2 Å². The Morgan fingerprint density at radius 1 is 1.00 bits per heavy atom. The molecule has 0 spiro atoms. The predicted octanol–water partition coefficient (Wildman–Crippen LogP) is 5.78. The first-order valence-electron chi connectivity index (χ1n) is 8.45. The van der Waals surface area contributed by atoms with Crippen LogP contribution in [0.5, 0.6) is 0 Å². The Balaban J connectivity index is 2.43. The van der Waals surface area contributed by atoms with Gasteiger partial charge in [-0.15, -0.1) is 0 Å². The van der Waals surface area contributed by atoms with Gasteiger partial charge in [-0.05, 0) is 34.6 Å². The van der Waals surface area contributed by atoms with Crippen LogP contribution < -0.4 is 10.2 Å². The van der Waals surface area contributed by atoms with Gasteiger partial charge in [-0.3, -0.25) is 4.90 Å². The predicted molar refractivity (Wildman–Crippen MR) is 103 cm³/mol. The van der Waals surface area contributed by atoms with E-state index in [1.54, 1.807) is 4.90 Å². The van der Waals surface area contributed by atoms with Gasteiger partial charge in [0.2, 0.25) is 0 Å². The molecule has 24 heavy (non-hydrogen) atoms. The Morgan fingerprint density at radius 2 is 1.62 bits per heavy atom. The molecule has 0 aliphatic heterocycles. The number of amides is 2. The van der Waals surface area contributed by atoms with Crippen LogP contribution in [0.1, 0.15) is 51.7 Å². The molecule has 0 bridgehead atoms. The number of benzene rings is 2. The summed E-state index contributed by atoms with van der Waals surface area (Å²) in [6, 6.07) is 15.7. The van der Waals surface area contributed by atoms with Crippen molar-refractivity contribution < 1.29 is 4.79 Å². The lowest BCUT2D eigenvalue weighted by molar-refractivity contribution is 0.258. The fourth-order valence-electron chi connectivity index (χ4n) is 2.84. The number of rotatable bonds is 3. The van der Waals surface area contributed by atoms with Gasteiger partial charge in [0.05, 0.1) is 5.69 Å². The van der Waals surface area contributed by atoms with E-state index in [2.05, 4.69) is 58.1 Å². The molecule has 2 aromatic rings. The number of para-hydroxylation sites is 2. The molecule has 0 fully saturated rings. The van der Waals surface area contributed by atoms with Crippen LogP contribution >= 0.6 is 0 Å². The average Bonchev–Trinajstić information content (AvgIpc) is 2.53. The summed E-state index contributed by atoms with van der Waals surface area (Å²) in [7, 11) is 1.84. The van der Waals surface area contributed by atoms with Gasteiger partial charge < -0.3 is 5.32 Å². The van der Waals surface area contributed by atoms with E-state index in [1.807, 2.05) is 37.4 Å². The highest BCUT2D eigenvalue weighted by Gasteiger charge is 2.25. The molecule has 0 unspecified atom stereocenters. The molecule has 2 rings (SSSR count). The Kier molecular flexibility index (Phi) is 5.33. The summed E-state index contributed by atoms with van der Waals surface area (Å²) < 4.78 is 0. The summed E-state index contributed by atoms with van der Waals surface area (Å²) in [5, 5.41) is 2.97. The first-order chi connectivity index (χ1) is 11.2. The highest BCUT2D eigenvalue weighted by atomic mass is 16.2. The maximum Gasteiger partial charge on any atom is 0.326 e. The molecule has 2 amide bonds.